The van der Waals surface area contributed by atoms with Crippen molar-refractivity contribution in [3.63, 3.8) is 0 Å². The molecular formula is C19H30FN3O2. The van der Waals surface area contributed by atoms with Gasteiger partial charge in [0.1, 0.15) is 5.82 Å². The van der Waals surface area contributed by atoms with Crippen LogP contribution >= 0.6 is 0 Å². The number of likely N-dealkylation sites (N-methyl/N-ethyl adjacent to an activating group) is 2. The van der Waals surface area contributed by atoms with Crippen LogP contribution in [0.25, 0.3) is 0 Å². The van der Waals surface area contributed by atoms with Crippen molar-refractivity contribution in [3.05, 3.63) is 35.6 Å². The predicted octanol–water partition coefficient (Wildman–Crippen LogP) is 2.58. The van der Waals surface area contributed by atoms with Gasteiger partial charge in [0.05, 0.1) is 13.1 Å². The summed E-state index contributed by atoms with van der Waals surface area (Å²) in [5.41, 5.74) is 0.622. The summed E-state index contributed by atoms with van der Waals surface area (Å²) in [6.07, 6.45) is 0. The first-order valence-electron chi connectivity index (χ1n) is 8.58. The molecule has 0 aromatic heterocycles. The lowest BCUT2D eigenvalue weighted by molar-refractivity contribution is -0.136. The Bertz CT molecular complexity index is 581. The van der Waals surface area contributed by atoms with Gasteiger partial charge in [-0.05, 0) is 51.9 Å². The van der Waals surface area contributed by atoms with Gasteiger partial charge in [0.15, 0.2) is 0 Å². The van der Waals surface area contributed by atoms with E-state index in [1.807, 2.05) is 39.5 Å². The maximum absolute atomic E-state index is 13.1. The van der Waals surface area contributed by atoms with Crippen LogP contribution in [0.15, 0.2) is 24.3 Å². The van der Waals surface area contributed by atoms with E-state index in [4.69, 9.17) is 0 Å². The molecule has 0 radical (unpaired) electrons. The molecule has 2 amide bonds. The van der Waals surface area contributed by atoms with Crippen molar-refractivity contribution in [1.29, 1.82) is 0 Å². The van der Waals surface area contributed by atoms with Crippen LogP contribution < -0.4 is 5.32 Å². The molecule has 0 aliphatic heterocycles. The van der Waals surface area contributed by atoms with Gasteiger partial charge in [-0.1, -0.05) is 19.1 Å². The van der Waals surface area contributed by atoms with Crippen LogP contribution in [0.3, 0.4) is 0 Å². The van der Waals surface area contributed by atoms with Crippen molar-refractivity contribution in [3.8, 4) is 0 Å². The lowest BCUT2D eigenvalue weighted by Crippen LogP contribution is -2.48. The highest BCUT2D eigenvalue weighted by molar-refractivity contribution is 5.85. The molecule has 0 bridgehead atoms. The van der Waals surface area contributed by atoms with Crippen LogP contribution in [0.2, 0.25) is 0 Å². The van der Waals surface area contributed by atoms with E-state index >= 15 is 0 Å². The van der Waals surface area contributed by atoms with Crippen molar-refractivity contribution in [2.24, 2.45) is 0 Å². The average Bonchev–Trinajstić information content (AvgIpc) is 2.50. The van der Waals surface area contributed by atoms with Crippen molar-refractivity contribution < 1.29 is 14.0 Å². The fraction of sp³-hybridized carbons (Fsp3) is 0.579. The zero-order valence-corrected chi connectivity index (χ0v) is 16.1. The molecule has 1 rings (SSSR count). The summed E-state index contributed by atoms with van der Waals surface area (Å²) in [5, 5.41) is 2.84. The minimum absolute atomic E-state index is 0.0219. The molecule has 0 fully saturated rings. The Hall–Kier alpha value is -1.95. The summed E-state index contributed by atoms with van der Waals surface area (Å²) in [5.74, 6) is -0.586. The van der Waals surface area contributed by atoms with E-state index in [-0.39, 0.29) is 42.3 Å². The van der Waals surface area contributed by atoms with Gasteiger partial charge in [0.25, 0.3) is 0 Å². The van der Waals surface area contributed by atoms with Crippen LogP contribution in [0.1, 0.15) is 46.2 Å². The fourth-order valence-corrected chi connectivity index (χ4v) is 2.53. The quantitative estimate of drug-likeness (QED) is 0.821. The molecule has 25 heavy (non-hydrogen) atoms. The number of amides is 2. The molecule has 1 aromatic rings. The molecule has 1 aromatic carbocycles. The number of nitrogens with one attached hydrogen (secondary N) is 1. The largest absolute Gasteiger partial charge is 0.350 e. The van der Waals surface area contributed by atoms with Crippen molar-refractivity contribution >= 4 is 11.8 Å². The molecule has 6 heteroatoms. The Labute approximate surface area is 150 Å². The number of carbonyl (C=O) groups is 2. The molecule has 0 heterocycles. The smallest absolute Gasteiger partial charge is 0.240 e. The molecule has 1 atom stereocenters. The summed E-state index contributed by atoms with van der Waals surface area (Å²) in [6.45, 7) is 10.6. The van der Waals surface area contributed by atoms with E-state index in [1.165, 1.54) is 17.0 Å². The van der Waals surface area contributed by atoms with Gasteiger partial charge in [-0.3, -0.25) is 14.5 Å². The van der Waals surface area contributed by atoms with Gasteiger partial charge in [-0.15, -0.1) is 0 Å². The summed E-state index contributed by atoms with van der Waals surface area (Å²) in [7, 11) is 1.63. The minimum atomic E-state index is -0.326. The first kappa shape index (κ1) is 21.1. The standard InChI is InChI=1S/C19H30FN3O2/c1-7-23(14(2)15-8-10-16(20)11-9-15)13-18(25)22(6)12-17(24)21-19(3,4)5/h8-11,14H,7,12-13H2,1-6H3,(H,21,24). The summed E-state index contributed by atoms with van der Waals surface area (Å²) in [6, 6.07) is 6.28. The van der Waals surface area contributed by atoms with E-state index in [0.717, 1.165) is 5.56 Å². The third-order valence-corrected chi connectivity index (χ3v) is 3.97. The number of nitrogens with zero attached hydrogens (tertiary/aromatic N) is 2. The topological polar surface area (TPSA) is 52.7 Å². The average molecular weight is 351 g/mol. The Morgan fingerprint density at radius 2 is 1.72 bits per heavy atom. The SMILES string of the molecule is CCN(CC(=O)N(C)CC(=O)NC(C)(C)C)C(C)c1ccc(F)cc1. The van der Waals surface area contributed by atoms with Crippen LogP contribution in [-0.2, 0) is 9.59 Å². The molecule has 0 spiro atoms. The van der Waals surface area contributed by atoms with Crippen LogP contribution in [0, 0.1) is 5.82 Å². The van der Waals surface area contributed by atoms with E-state index in [9.17, 15) is 14.0 Å². The van der Waals surface area contributed by atoms with E-state index in [0.29, 0.717) is 6.54 Å². The highest BCUT2D eigenvalue weighted by Gasteiger charge is 2.22. The lowest BCUT2D eigenvalue weighted by Gasteiger charge is -2.30. The first-order chi connectivity index (χ1) is 11.5. The summed E-state index contributed by atoms with van der Waals surface area (Å²) in [4.78, 5) is 27.8. The fourth-order valence-electron chi connectivity index (χ4n) is 2.53. The van der Waals surface area contributed by atoms with Gasteiger partial charge in [-0.2, -0.15) is 0 Å². The number of hydrogen-bond acceptors (Lipinski definition) is 3. The second kappa shape index (κ2) is 8.94. The van der Waals surface area contributed by atoms with Gasteiger partial charge in [0.2, 0.25) is 11.8 Å². The second-order valence-electron chi connectivity index (χ2n) is 7.34. The zero-order chi connectivity index (χ0) is 19.2. The van der Waals surface area contributed by atoms with E-state index in [1.54, 1.807) is 19.2 Å². The Morgan fingerprint density at radius 3 is 2.20 bits per heavy atom. The Kier molecular flexibility index (Phi) is 7.55. The number of halogens is 1. The van der Waals surface area contributed by atoms with Gasteiger partial charge in [-0.25, -0.2) is 4.39 Å². The van der Waals surface area contributed by atoms with Crippen molar-refractivity contribution in [2.75, 3.05) is 26.7 Å². The molecule has 0 aliphatic rings. The number of hydrogen-bond donors (Lipinski definition) is 1. The van der Waals surface area contributed by atoms with E-state index in [2.05, 4.69) is 5.32 Å². The monoisotopic (exact) mass is 351 g/mol. The van der Waals surface area contributed by atoms with Crippen LogP contribution in [0.5, 0.6) is 0 Å². The van der Waals surface area contributed by atoms with Crippen LogP contribution in [-0.4, -0.2) is 53.8 Å². The van der Waals surface area contributed by atoms with Gasteiger partial charge in [0, 0.05) is 18.6 Å². The highest BCUT2D eigenvalue weighted by Crippen LogP contribution is 2.20. The first-order valence-corrected chi connectivity index (χ1v) is 8.58. The maximum atomic E-state index is 13.1. The minimum Gasteiger partial charge on any atom is -0.350 e. The molecule has 0 saturated carbocycles. The maximum Gasteiger partial charge on any atom is 0.240 e. The normalized spacial score (nSPS) is 12.8. The Balaban J connectivity index is 2.65. The van der Waals surface area contributed by atoms with Gasteiger partial charge < -0.3 is 10.2 Å². The zero-order valence-electron chi connectivity index (χ0n) is 16.1. The molecule has 0 saturated heterocycles. The lowest BCUT2D eigenvalue weighted by atomic mass is 10.1. The van der Waals surface area contributed by atoms with E-state index < -0.39 is 0 Å². The molecule has 0 aliphatic carbocycles. The number of rotatable bonds is 7. The second-order valence-corrected chi connectivity index (χ2v) is 7.34. The molecular weight excluding hydrogens is 321 g/mol. The van der Waals surface area contributed by atoms with Crippen molar-refractivity contribution in [2.45, 2.75) is 46.2 Å². The third kappa shape index (κ3) is 7.22. The number of carbonyl (C=O) groups excluding carboxylic acids is 2. The number of benzene rings is 1. The summed E-state index contributed by atoms with van der Waals surface area (Å²) >= 11 is 0. The summed E-state index contributed by atoms with van der Waals surface area (Å²) < 4.78 is 13.1. The highest BCUT2D eigenvalue weighted by atomic mass is 19.1. The third-order valence-electron chi connectivity index (χ3n) is 3.97. The van der Waals surface area contributed by atoms with Crippen molar-refractivity contribution in [1.82, 2.24) is 15.1 Å². The van der Waals surface area contributed by atoms with Gasteiger partial charge >= 0.3 is 0 Å². The molecule has 5 nitrogen and oxygen atoms in total. The molecule has 140 valence electrons. The Morgan fingerprint density at radius 1 is 1.16 bits per heavy atom. The molecule has 1 unspecified atom stereocenters. The molecule has 1 N–H and O–H groups in total. The predicted molar refractivity (Wildman–Crippen MR) is 97.6 cm³/mol. The van der Waals surface area contributed by atoms with Crippen LogP contribution in [0.4, 0.5) is 4.39 Å².